The fourth-order valence-electron chi connectivity index (χ4n) is 2.77. The molecule has 4 aromatic rings. The quantitative estimate of drug-likeness (QED) is 0.336. The van der Waals surface area contributed by atoms with Gasteiger partial charge in [-0.1, -0.05) is 42.1 Å². The second-order valence-corrected chi connectivity index (χ2v) is 7.27. The van der Waals surface area contributed by atoms with Crippen LogP contribution in [0.5, 0.6) is 11.5 Å². The summed E-state index contributed by atoms with van der Waals surface area (Å²) in [5.74, 6) is 2.72. The summed E-state index contributed by atoms with van der Waals surface area (Å²) >= 11 is 1.49. The average molecular weight is 420 g/mol. The van der Waals surface area contributed by atoms with Crippen molar-refractivity contribution in [2.24, 2.45) is 0 Å². The summed E-state index contributed by atoms with van der Waals surface area (Å²) in [6.45, 7) is 2.97. The fourth-order valence-corrected chi connectivity index (χ4v) is 3.49. The van der Waals surface area contributed by atoms with Crippen molar-refractivity contribution in [1.29, 1.82) is 0 Å². The zero-order valence-corrected chi connectivity index (χ0v) is 17.3. The van der Waals surface area contributed by atoms with Gasteiger partial charge in [-0.15, -0.1) is 10.2 Å². The van der Waals surface area contributed by atoms with Gasteiger partial charge in [-0.2, -0.15) is 0 Å². The van der Waals surface area contributed by atoms with Gasteiger partial charge in [0.05, 0.1) is 17.9 Å². The number of aromatic nitrogens is 3. The van der Waals surface area contributed by atoms with E-state index in [0.717, 1.165) is 34.1 Å². The normalized spacial score (nSPS) is 10.7. The van der Waals surface area contributed by atoms with Gasteiger partial charge in [0.15, 0.2) is 0 Å². The van der Waals surface area contributed by atoms with Crippen molar-refractivity contribution in [2.45, 2.75) is 24.5 Å². The maximum absolute atomic E-state index is 5.82. The van der Waals surface area contributed by atoms with Crippen molar-refractivity contribution in [3.63, 3.8) is 0 Å². The zero-order chi connectivity index (χ0) is 20.6. The zero-order valence-electron chi connectivity index (χ0n) is 16.5. The Morgan fingerprint density at radius 2 is 1.73 bits per heavy atom. The predicted octanol–water partition coefficient (Wildman–Crippen LogP) is 5.40. The van der Waals surface area contributed by atoms with Crippen LogP contribution in [0.2, 0.25) is 0 Å². The third-order valence-electron chi connectivity index (χ3n) is 4.22. The largest absolute Gasteiger partial charge is 0.493 e. The second kappa shape index (κ2) is 9.93. The minimum atomic E-state index is 0.447. The van der Waals surface area contributed by atoms with Crippen LogP contribution in [-0.4, -0.2) is 21.8 Å². The molecule has 0 aliphatic rings. The molecule has 0 amide bonds. The van der Waals surface area contributed by atoms with E-state index in [0.29, 0.717) is 24.3 Å². The Balaban J connectivity index is 1.33. The Morgan fingerprint density at radius 3 is 2.53 bits per heavy atom. The van der Waals surface area contributed by atoms with Crippen LogP contribution in [0, 0.1) is 0 Å². The second-order valence-electron chi connectivity index (χ2n) is 6.34. The highest BCUT2D eigenvalue weighted by Gasteiger charge is 2.13. The lowest BCUT2D eigenvalue weighted by molar-refractivity contribution is 0.301. The molecule has 0 aliphatic carbocycles. The molecule has 0 spiro atoms. The van der Waals surface area contributed by atoms with Crippen molar-refractivity contribution in [1.82, 2.24) is 15.2 Å². The number of thioether (sulfide) groups is 1. The number of para-hydroxylation sites is 1. The van der Waals surface area contributed by atoms with Crippen molar-refractivity contribution in [3.05, 3.63) is 84.2 Å². The molecule has 2 aromatic heterocycles. The summed E-state index contributed by atoms with van der Waals surface area (Å²) in [7, 11) is 0. The lowest BCUT2D eigenvalue weighted by atomic mass is 10.2. The standard InChI is InChI=1S/C23H21N3O3S/c1-2-27-21-9-4-3-8-20(21)22-25-26-23(29-22)30-16-17-10-12-19(13-11-17)28-15-18-7-5-6-14-24-18/h3-14H,2,15-16H2,1H3. The molecule has 0 unspecified atom stereocenters. The van der Waals surface area contributed by atoms with Crippen LogP contribution in [0.4, 0.5) is 0 Å². The van der Waals surface area contributed by atoms with Gasteiger partial charge in [0, 0.05) is 11.9 Å². The van der Waals surface area contributed by atoms with Gasteiger partial charge in [-0.05, 0) is 48.9 Å². The van der Waals surface area contributed by atoms with Crippen LogP contribution < -0.4 is 9.47 Å². The molecule has 152 valence electrons. The van der Waals surface area contributed by atoms with E-state index in [4.69, 9.17) is 13.9 Å². The fraction of sp³-hybridized carbons (Fsp3) is 0.174. The maximum Gasteiger partial charge on any atom is 0.277 e. The van der Waals surface area contributed by atoms with Gasteiger partial charge in [0.1, 0.15) is 18.1 Å². The van der Waals surface area contributed by atoms with Crippen LogP contribution in [0.25, 0.3) is 11.5 Å². The van der Waals surface area contributed by atoms with E-state index < -0.39 is 0 Å². The molecule has 0 atom stereocenters. The van der Waals surface area contributed by atoms with E-state index in [1.54, 1.807) is 6.20 Å². The highest BCUT2D eigenvalue weighted by atomic mass is 32.2. The van der Waals surface area contributed by atoms with E-state index in [1.807, 2.05) is 73.7 Å². The maximum atomic E-state index is 5.82. The molecule has 7 heteroatoms. The summed E-state index contributed by atoms with van der Waals surface area (Å²) in [6, 6.07) is 21.4. The molecular formula is C23H21N3O3S. The molecule has 0 saturated heterocycles. The highest BCUT2D eigenvalue weighted by molar-refractivity contribution is 7.98. The van der Waals surface area contributed by atoms with Gasteiger partial charge in [-0.25, -0.2) is 0 Å². The number of hydrogen-bond donors (Lipinski definition) is 0. The first-order chi connectivity index (χ1) is 14.8. The molecule has 0 aliphatic heterocycles. The molecule has 0 N–H and O–H groups in total. The number of benzene rings is 2. The number of ether oxygens (including phenoxy) is 2. The van der Waals surface area contributed by atoms with Gasteiger partial charge in [0.2, 0.25) is 0 Å². The van der Waals surface area contributed by atoms with E-state index in [-0.39, 0.29) is 0 Å². The molecule has 2 heterocycles. The molecular weight excluding hydrogens is 398 g/mol. The number of rotatable bonds is 9. The molecule has 2 aromatic carbocycles. The first-order valence-corrected chi connectivity index (χ1v) is 10.6. The van der Waals surface area contributed by atoms with Crippen LogP contribution in [0.1, 0.15) is 18.2 Å². The van der Waals surface area contributed by atoms with Crippen molar-refractivity contribution < 1.29 is 13.9 Å². The summed E-state index contributed by atoms with van der Waals surface area (Å²) in [5.41, 5.74) is 2.84. The van der Waals surface area contributed by atoms with Crippen molar-refractivity contribution >= 4 is 11.8 Å². The lowest BCUT2D eigenvalue weighted by Crippen LogP contribution is -1.97. The Kier molecular flexibility index (Phi) is 6.61. The van der Waals surface area contributed by atoms with E-state index in [2.05, 4.69) is 15.2 Å². The third-order valence-corrected chi connectivity index (χ3v) is 5.11. The monoisotopic (exact) mass is 419 g/mol. The first kappa shape index (κ1) is 20.0. The average Bonchev–Trinajstić information content (AvgIpc) is 3.27. The van der Waals surface area contributed by atoms with Gasteiger partial charge in [-0.3, -0.25) is 4.98 Å². The molecule has 4 rings (SSSR count). The van der Waals surface area contributed by atoms with Gasteiger partial charge in [0.25, 0.3) is 11.1 Å². The Hall–Kier alpha value is -3.32. The van der Waals surface area contributed by atoms with Crippen LogP contribution in [0.3, 0.4) is 0 Å². The van der Waals surface area contributed by atoms with E-state index >= 15 is 0 Å². The van der Waals surface area contributed by atoms with Gasteiger partial charge >= 0.3 is 0 Å². The molecule has 0 bridgehead atoms. The van der Waals surface area contributed by atoms with Crippen LogP contribution in [0.15, 0.2) is 82.6 Å². The molecule has 0 fully saturated rings. The predicted molar refractivity (Wildman–Crippen MR) is 115 cm³/mol. The molecule has 0 radical (unpaired) electrons. The lowest BCUT2D eigenvalue weighted by Gasteiger charge is -2.06. The highest BCUT2D eigenvalue weighted by Crippen LogP contribution is 2.31. The third kappa shape index (κ3) is 5.18. The van der Waals surface area contributed by atoms with Crippen LogP contribution in [-0.2, 0) is 12.4 Å². The topological polar surface area (TPSA) is 70.3 Å². The summed E-state index contributed by atoms with van der Waals surface area (Å²) in [6.07, 6.45) is 1.76. The van der Waals surface area contributed by atoms with E-state index in [9.17, 15) is 0 Å². The minimum absolute atomic E-state index is 0.447. The number of hydrogen-bond acceptors (Lipinski definition) is 7. The van der Waals surface area contributed by atoms with E-state index in [1.165, 1.54) is 11.8 Å². The van der Waals surface area contributed by atoms with Crippen LogP contribution >= 0.6 is 11.8 Å². The Bertz CT molecular complexity index is 1070. The molecule has 0 saturated carbocycles. The number of nitrogens with zero attached hydrogens (tertiary/aromatic N) is 3. The minimum Gasteiger partial charge on any atom is -0.493 e. The Morgan fingerprint density at radius 1 is 0.900 bits per heavy atom. The van der Waals surface area contributed by atoms with Gasteiger partial charge < -0.3 is 13.9 Å². The summed E-state index contributed by atoms with van der Waals surface area (Å²) < 4.78 is 17.2. The SMILES string of the molecule is CCOc1ccccc1-c1nnc(SCc2ccc(OCc3ccccn3)cc2)o1. The first-order valence-electron chi connectivity index (χ1n) is 9.62. The molecule has 6 nitrogen and oxygen atoms in total. The number of pyridine rings is 1. The molecule has 30 heavy (non-hydrogen) atoms. The van der Waals surface area contributed by atoms with Crippen molar-refractivity contribution in [2.75, 3.05) is 6.61 Å². The Labute approximate surface area is 179 Å². The summed E-state index contributed by atoms with van der Waals surface area (Å²) in [4.78, 5) is 4.25. The smallest absolute Gasteiger partial charge is 0.277 e. The summed E-state index contributed by atoms with van der Waals surface area (Å²) in [5, 5.41) is 8.83. The van der Waals surface area contributed by atoms with Crippen molar-refractivity contribution in [3.8, 4) is 23.0 Å².